The van der Waals surface area contributed by atoms with Gasteiger partial charge in [0.15, 0.2) is 0 Å². The van der Waals surface area contributed by atoms with Crippen LogP contribution in [0.3, 0.4) is 0 Å². The van der Waals surface area contributed by atoms with Gasteiger partial charge in [0, 0.05) is 10.7 Å². The van der Waals surface area contributed by atoms with Crippen LogP contribution in [-0.4, -0.2) is 11.4 Å². The van der Waals surface area contributed by atoms with E-state index in [1.807, 2.05) is 31.2 Å². The smallest absolute Gasteiger partial charge is 0.0982 e. The maximum absolute atomic E-state index is 5.80. The van der Waals surface area contributed by atoms with Gasteiger partial charge in [0.1, 0.15) is 0 Å². The molecule has 3 heteroatoms. The van der Waals surface area contributed by atoms with E-state index in [9.17, 15) is 0 Å². The highest BCUT2D eigenvalue weighted by atomic mass is 35.5. The Morgan fingerprint density at radius 1 is 1.20 bits per heavy atom. The monoisotopic (exact) mass is 224 g/mol. The largest absolute Gasteiger partial charge is 0.344 e. The highest BCUT2D eigenvalue weighted by Gasteiger charge is 2.07. The van der Waals surface area contributed by atoms with E-state index in [1.54, 1.807) is 0 Å². The van der Waals surface area contributed by atoms with Crippen molar-refractivity contribution in [1.82, 2.24) is 0 Å². The molecular weight excluding hydrogens is 208 g/mol. The number of rotatable bonds is 1. The van der Waals surface area contributed by atoms with Crippen LogP contribution in [0, 0.1) is 0 Å². The average Bonchev–Trinajstić information content (AvgIpc) is 2.05. The van der Waals surface area contributed by atoms with Gasteiger partial charge in [-0.15, -0.1) is 0 Å². The second kappa shape index (κ2) is 4.67. The van der Waals surface area contributed by atoms with Gasteiger partial charge in [-0.2, -0.15) is 0 Å². The minimum Gasteiger partial charge on any atom is -0.344 e. The molecule has 0 fully saturated rings. The highest BCUT2D eigenvalue weighted by Crippen LogP contribution is 2.14. The van der Waals surface area contributed by atoms with Crippen LogP contribution in [0.4, 0.5) is 5.69 Å². The zero-order valence-electron chi connectivity index (χ0n) is 9.63. The molecule has 1 rings (SSSR count). The summed E-state index contributed by atoms with van der Waals surface area (Å²) in [5.41, 5.74) is 0.952. The third kappa shape index (κ3) is 4.84. The molecule has 0 atom stereocenters. The van der Waals surface area contributed by atoms with E-state index in [-0.39, 0.29) is 5.54 Å². The number of nitrogens with zero attached hydrogens (tertiary/aromatic N) is 1. The van der Waals surface area contributed by atoms with Gasteiger partial charge in [-0.25, -0.2) is 0 Å². The molecule has 2 nitrogen and oxygen atoms in total. The van der Waals surface area contributed by atoms with Crippen LogP contribution >= 0.6 is 11.6 Å². The summed E-state index contributed by atoms with van der Waals surface area (Å²) in [6, 6.07) is 7.58. The van der Waals surface area contributed by atoms with Crippen LogP contribution in [0.25, 0.3) is 0 Å². The predicted molar refractivity (Wildman–Crippen MR) is 67.9 cm³/mol. The molecule has 0 bridgehead atoms. The molecule has 1 N–H and O–H groups in total. The summed E-state index contributed by atoms with van der Waals surface area (Å²) in [7, 11) is 0. The highest BCUT2D eigenvalue weighted by molar-refractivity contribution is 6.30. The number of aliphatic imine (C=N–C) groups is 1. The molecule has 82 valence electrons. The van der Waals surface area contributed by atoms with Gasteiger partial charge in [0.25, 0.3) is 0 Å². The molecule has 0 aliphatic carbocycles. The Bertz CT molecular complexity index is 347. The summed E-state index contributed by atoms with van der Waals surface area (Å²) >= 11 is 5.80. The maximum Gasteiger partial charge on any atom is 0.0982 e. The number of anilines is 1. The fraction of sp³-hybridized carbons (Fsp3) is 0.417. The topological polar surface area (TPSA) is 24.4 Å². The van der Waals surface area contributed by atoms with Gasteiger partial charge < -0.3 is 5.32 Å². The first-order valence-electron chi connectivity index (χ1n) is 4.96. The van der Waals surface area contributed by atoms with Crippen molar-refractivity contribution in [3.63, 3.8) is 0 Å². The lowest BCUT2D eigenvalue weighted by Gasteiger charge is -2.15. The van der Waals surface area contributed by atoms with E-state index < -0.39 is 0 Å². The van der Waals surface area contributed by atoms with Crippen molar-refractivity contribution in [1.29, 1.82) is 0 Å². The minimum atomic E-state index is -0.0521. The van der Waals surface area contributed by atoms with Crippen molar-refractivity contribution in [2.24, 2.45) is 4.99 Å². The second-order valence-corrected chi connectivity index (χ2v) is 4.94. The molecule has 0 radical (unpaired) electrons. The first-order chi connectivity index (χ1) is 6.87. The van der Waals surface area contributed by atoms with Crippen molar-refractivity contribution >= 4 is 23.1 Å². The molecule has 0 aliphatic heterocycles. The van der Waals surface area contributed by atoms with E-state index in [4.69, 9.17) is 11.6 Å². The van der Waals surface area contributed by atoms with Crippen LogP contribution in [0.5, 0.6) is 0 Å². The summed E-state index contributed by atoms with van der Waals surface area (Å²) in [5.74, 6) is 0.907. The summed E-state index contributed by atoms with van der Waals surface area (Å²) in [4.78, 5) is 4.50. The van der Waals surface area contributed by atoms with E-state index in [2.05, 4.69) is 31.1 Å². The van der Waals surface area contributed by atoms with E-state index in [0.717, 1.165) is 16.5 Å². The van der Waals surface area contributed by atoms with Crippen molar-refractivity contribution in [3.05, 3.63) is 29.3 Å². The van der Waals surface area contributed by atoms with Gasteiger partial charge in [-0.05, 0) is 52.0 Å². The Hall–Kier alpha value is -1.02. The zero-order valence-corrected chi connectivity index (χ0v) is 10.4. The first-order valence-corrected chi connectivity index (χ1v) is 5.34. The van der Waals surface area contributed by atoms with Crippen LogP contribution in [-0.2, 0) is 0 Å². The average molecular weight is 225 g/mol. The fourth-order valence-corrected chi connectivity index (χ4v) is 1.40. The van der Waals surface area contributed by atoms with E-state index in [1.165, 1.54) is 0 Å². The van der Waals surface area contributed by atoms with Gasteiger partial charge >= 0.3 is 0 Å². The first kappa shape index (κ1) is 12.1. The molecule has 0 saturated heterocycles. The molecule has 0 spiro atoms. The molecule has 0 amide bonds. The zero-order chi connectivity index (χ0) is 11.5. The lowest BCUT2D eigenvalue weighted by atomic mass is 10.1. The van der Waals surface area contributed by atoms with E-state index >= 15 is 0 Å². The normalized spacial score (nSPS) is 12.7. The molecule has 0 aliphatic rings. The minimum absolute atomic E-state index is 0.0521. The van der Waals surface area contributed by atoms with Crippen LogP contribution < -0.4 is 5.32 Å². The molecule has 15 heavy (non-hydrogen) atoms. The number of hydrogen-bond acceptors (Lipinski definition) is 1. The summed E-state index contributed by atoms with van der Waals surface area (Å²) in [5, 5.41) is 3.96. The molecule has 0 aromatic heterocycles. The van der Waals surface area contributed by atoms with E-state index in [0.29, 0.717) is 0 Å². The predicted octanol–water partition coefficient (Wildman–Crippen LogP) is 3.97. The molecule has 0 heterocycles. The van der Waals surface area contributed by atoms with Gasteiger partial charge in [-0.1, -0.05) is 11.6 Å². The summed E-state index contributed by atoms with van der Waals surface area (Å²) in [6.45, 7) is 8.17. The lowest BCUT2D eigenvalue weighted by Crippen LogP contribution is -2.17. The molecular formula is C12H17ClN2. The Balaban J connectivity index is 2.70. The quantitative estimate of drug-likeness (QED) is 0.567. The number of amidine groups is 1. The molecule has 1 aromatic rings. The Morgan fingerprint density at radius 2 is 1.73 bits per heavy atom. The van der Waals surface area contributed by atoms with Crippen LogP contribution in [0.1, 0.15) is 27.7 Å². The summed E-state index contributed by atoms with van der Waals surface area (Å²) < 4.78 is 0. The van der Waals surface area contributed by atoms with Gasteiger partial charge in [0.05, 0.1) is 11.4 Å². The Labute approximate surface area is 96.4 Å². The number of halogens is 1. The lowest BCUT2D eigenvalue weighted by molar-refractivity contribution is 0.583. The molecule has 0 saturated carbocycles. The standard InChI is InChI=1S/C12H17ClN2/c1-9(15-12(2,3)4)14-11-7-5-10(13)6-8-11/h5-8H,1-4H3,(H,14,15). The number of benzene rings is 1. The van der Waals surface area contributed by atoms with Crippen LogP contribution in [0.2, 0.25) is 5.02 Å². The van der Waals surface area contributed by atoms with Crippen molar-refractivity contribution in [2.45, 2.75) is 33.2 Å². The Kier molecular flexibility index (Phi) is 3.75. The molecule has 1 aromatic carbocycles. The molecule has 0 unspecified atom stereocenters. The summed E-state index contributed by atoms with van der Waals surface area (Å²) in [6.07, 6.45) is 0. The second-order valence-electron chi connectivity index (χ2n) is 4.50. The van der Waals surface area contributed by atoms with Crippen molar-refractivity contribution in [3.8, 4) is 0 Å². The van der Waals surface area contributed by atoms with Crippen molar-refractivity contribution < 1.29 is 0 Å². The fourth-order valence-electron chi connectivity index (χ4n) is 1.27. The third-order valence-corrected chi connectivity index (χ3v) is 1.92. The Morgan fingerprint density at radius 3 is 2.20 bits per heavy atom. The maximum atomic E-state index is 5.80. The number of nitrogens with one attached hydrogen (secondary N) is 1. The SMILES string of the molecule is CC(=NC(C)(C)C)Nc1ccc(Cl)cc1. The van der Waals surface area contributed by atoms with Crippen LogP contribution in [0.15, 0.2) is 29.3 Å². The number of hydrogen-bond donors (Lipinski definition) is 1. The van der Waals surface area contributed by atoms with Gasteiger partial charge in [-0.3, -0.25) is 4.99 Å². The van der Waals surface area contributed by atoms with Gasteiger partial charge in [0.2, 0.25) is 0 Å². The van der Waals surface area contributed by atoms with Crippen molar-refractivity contribution in [2.75, 3.05) is 5.32 Å². The third-order valence-electron chi connectivity index (χ3n) is 1.67.